The number of hydrogen-bond acceptors (Lipinski definition) is 3. The molecule has 2 aromatic carbocycles. The van der Waals surface area contributed by atoms with Crippen molar-refractivity contribution >= 4 is 50.9 Å². The number of benzene rings is 2. The van der Waals surface area contributed by atoms with Crippen LogP contribution in [0.2, 0.25) is 10.0 Å². The van der Waals surface area contributed by atoms with Gasteiger partial charge in [0.05, 0.1) is 5.02 Å². The standard InChI is InChI=1S/C22H25BrCl2N2O3/c1-4-14(2)26-22(29)15(3)27(12-16-6-5-7-17(23)10-16)21(28)13-30-20-9-8-18(24)11-19(20)25/h5-11,14-15H,4,12-13H2,1-3H3,(H,26,29). The maximum atomic E-state index is 13.0. The lowest BCUT2D eigenvalue weighted by molar-refractivity contribution is -0.142. The summed E-state index contributed by atoms with van der Waals surface area (Å²) in [5, 5.41) is 3.73. The summed E-state index contributed by atoms with van der Waals surface area (Å²) < 4.78 is 6.50. The molecule has 0 saturated carbocycles. The van der Waals surface area contributed by atoms with E-state index in [4.69, 9.17) is 27.9 Å². The Balaban J connectivity index is 2.18. The predicted octanol–water partition coefficient (Wildman–Crippen LogP) is 5.47. The number of carbonyl (C=O) groups is 2. The number of hydrogen-bond donors (Lipinski definition) is 1. The summed E-state index contributed by atoms with van der Waals surface area (Å²) >= 11 is 15.5. The molecule has 2 rings (SSSR count). The third kappa shape index (κ3) is 7.18. The highest BCUT2D eigenvalue weighted by atomic mass is 79.9. The Hall–Kier alpha value is -1.76. The van der Waals surface area contributed by atoms with E-state index in [1.165, 1.54) is 4.90 Å². The average molecular weight is 516 g/mol. The number of amides is 2. The zero-order valence-corrected chi connectivity index (χ0v) is 20.2. The zero-order valence-electron chi connectivity index (χ0n) is 17.1. The van der Waals surface area contributed by atoms with E-state index in [-0.39, 0.29) is 31.0 Å². The van der Waals surface area contributed by atoms with E-state index in [1.807, 2.05) is 38.1 Å². The Bertz CT molecular complexity index is 894. The van der Waals surface area contributed by atoms with E-state index < -0.39 is 6.04 Å². The average Bonchev–Trinajstić information content (AvgIpc) is 2.70. The van der Waals surface area contributed by atoms with Crippen molar-refractivity contribution in [3.05, 3.63) is 62.5 Å². The molecule has 0 aliphatic rings. The molecule has 8 heteroatoms. The largest absolute Gasteiger partial charge is 0.482 e. The summed E-state index contributed by atoms with van der Waals surface area (Å²) in [6, 6.07) is 11.7. The fraction of sp³-hybridized carbons (Fsp3) is 0.364. The highest BCUT2D eigenvalue weighted by Crippen LogP contribution is 2.27. The van der Waals surface area contributed by atoms with Crippen LogP contribution >= 0.6 is 39.1 Å². The first-order valence-corrected chi connectivity index (χ1v) is 11.2. The van der Waals surface area contributed by atoms with E-state index in [1.54, 1.807) is 25.1 Å². The molecule has 2 amide bonds. The lowest BCUT2D eigenvalue weighted by atomic mass is 10.1. The minimum absolute atomic E-state index is 0.0203. The van der Waals surface area contributed by atoms with Crippen LogP contribution in [0.3, 0.4) is 0 Å². The van der Waals surface area contributed by atoms with Gasteiger partial charge in [-0.05, 0) is 56.2 Å². The van der Waals surface area contributed by atoms with Crippen molar-refractivity contribution in [1.82, 2.24) is 10.2 Å². The van der Waals surface area contributed by atoms with Gasteiger partial charge in [-0.1, -0.05) is 58.2 Å². The monoisotopic (exact) mass is 514 g/mol. The normalized spacial score (nSPS) is 12.7. The number of carbonyl (C=O) groups excluding carboxylic acids is 2. The second-order valence-electron chi connectivity index (χ2n) is 7.01. The van der Waals surface area contributed by atoms with Gasteiger partial charge in [-0.3, -0.25) is 9.59 Å². The van der Waals surface area contributed by atoms with Gasteiger partial charge >= 0.3 is 0 Å². The van der Waals surface area contributed by atoms with Crippen molar-refractivity contribution < 1.29 is 14.3 Å². The molecule has 0 aliphatic carbocycles. The third-order valence-corrected chi connectivity index (χ3v) is 5.68. The summed E-state index contributed by atoms with van der Waals surface area (Å²) in [5.74, 6) is -0.182. The van der Waals surface area contributed by atoms with Crippen LogP contribution in [-0.4, -0.2) is 35.4 Å². The van der Waals surface area contributed by atoms with Crippen LogP contribution in [0.1, 0.15) is 32.8 Å². The first kappa shape index (κ1) is 24.5. The smallest absolute Gasteiger partial charge is 0.261 e. The summed E-state index contributed by atoms with van der Waals surface area (Å²) in [7, 11) is 0. The van der Waals surface area contributed by atoms with Crippen molar-refractivity contribution in [3.8, 4) is 5.75 Å². The van der Waals surface area contributed by atoms with Crippen molar-refractivity contribution in [3.63, 3.8) is 0 Å². The lowest BCUT2D eigenvalue weighted by Gasteiger charge is -2.29. The molecule has 5 nitrogen and oxygen atoms in total. The van der Waals surface area contributed by atoms with Crippen LogP contribution in [0.5, 0.6) is 5.75 Å². The van der Waals surface area contributed by atoms with Crippen LogP contribution in [0.25, 0.3) is 0 Å². The molecule has 30 heavy (non-hydrogen) atoms. The molecule has 0 aliphatic heterocycles. The van der Waals surface area contributed by atoms with Crippen molar-refractivity contribution in [1.29, 1.82) is 0 Å². The summed E-state index contributed by atoms with van der Waals surface area (Å²) in [5.41, 5.74) is 0.894. The Morgan fingerprint density at radius 2 is 1.90 bits per heavy atom. The van der Waals surface area contributed by atoms with E-state index >= 15 is 0 Å². The molecule has 0 fully saturated rings. The van der Waals surface area contributed by atoms with E-state index in [0.29, 0.717) is 15.8 Å². The van der Waals surface area contributed by atoms with Gasteiger partial charge in [0.25, 0.3) is 5.91 Å². The summed E-state index contributed by atoms with van der Waals surface area (Å²) in [6.45, 7) is 5.64. The molecule has 2 aromatic rings. The maximum absolute atomic E-state index is 13.0. The second kappa shape index (κ2) is 11.6. The van der Waals surface area contributed by atoms with Gasteiger partial charge in [-0.15, -0.1) is 0 Å². The van der Waals surface area contributed by atoms with E-state index in [0.717, 1.165) is 16.5 Å². The van der Waals surface area contributed by atoms with E-state index in [9.17, 15) is 9.59 Å². The molecule has 0 spiro atoms. The first-order chi connectivity index (χ1) is 14.2. The quantitative estimate of drug-likeness (QED) is 0.482. The number of nitrogens with one attached hydrogen (secondary N) is 1. The summed E-state index contributed by atoms with van der Waals surface area (Å²) in [4.78, 5) is 27.2. The zero-order chi connectivity index (χ0) is 22.3. The fourth-order valence-corrected chi connectivity index (χ4v) is 3.60. The first-order valence-electron chi connectivity index (χ1n) is 9.63. The van der Waals surface area contributed by atoms with Gasteiger partial charge in [0.1, 0.15) is 11.8 Å². The van der Waals surface area contributed by atoms with Crippen LogP contribution in [-0.2, 0) is 16.1 Å². The van der Waals surface area contributed by atoms with Crippen LogP contribution in [0.4, 0.5) is 0 Å². The molecule has 0 saturated heterocycles. The Labute approximate surface area is 195 Å². The molecular formula is C22H25BrCl2N2O3. The maximum Gasteiger partial charge on any atom is 0.261 e. The Kier molecular flexibility index (Phi) is 9.46. The summed E-state index contributed by atoms with van der Waals surface area (Å²) in [6.07, 6.45) is 0.802. The Morgan fingerprint density at radius 1 is 1.17 bits per heavy atom. The van der Waals surface area contributed by atoms with Gasteiger partial charge in [0, 0.05) is 22.1 Å². The minimum atomic E-state index is -0.672. The number of ether oxygens (including phenoxy) is 1. The number of nitrogens with zero attached hydrogens (tertiary/aromatic N) is 1. The third-order valence-electron chi connectivity index (χ3n) is 4.66. The molecule has 162 valence electrons. The molecule has 0 radical (unpaired) electrons. The second-order valence-corrected chi connectivity index (χ2v) is 8.77. The molecular weight excluding hydrogens is 491 g/mol. The molecule has 1 N–H and O–H groups in total. The molecule has 2 atom stereocenters. The van der Waals surface area contributed by atoms with Gasteiger partial charge in [0.15, 0.2) is 6.61 Å². The SMILES string of the molecule is CCC(C)NC(=O)C(C)N(Cc1cccc(Br)c1)C(=O)COc1ccc(Cl)cc1Cl. The van der Waals surface area contributed by atoms with Gasteiger partial charge < -0.3 is 15.0 Å². The molecule has 0 aromatic heterocycles. The topological polar surface area (TPSA) is 58.6 Å². The fourth-order valence-electron chi connectivity index (χ4n) is 2.69. The van der Waals surface area contributed by atoms with Crippen LogP contribution in [0, 0.1) is 0 Å². The van der Waals surface area contributed by atoms with Gasteiger partial charge in [-0.25, -0.2) is 0 Å². The highest BCUT2D eigenvalue weighted by molar-refractivity contribution is 9.10. The Morgan fingerprint density at radius 3 is 2.53 bits per heavy atom. The predicted molar refractivity (Wildman–Crippen MR) is 124 cm³/mol. The van der Waals surface area contributed by atoms with E-state index in [2.05, 4.69) is 21.2 Å². The lowest BCUT2D eigenvalue weighted by Crippen LogP contribution is -2.50. The van der Waals surface area contributed by atoms with Crippen molar-refractivity contribution in [2.45, 2.75) is 45.8 Å². The van der Waals surface area contributed by atoms with Crippen molar-refractivity contribution in [2.75, 3.05) is 6.61 Å². The number of rotatable bonds is 9. The van der Waals surface area contributed by atoms with Crippen molar-refractivity contribution in [2.24, 2.45) is 0 Å². The molecule has 2 unspecified atom stereocenters. The molecule has 0 heterocycles. The molecule has 0 bridgehead atoms. The van der Waals surface area contributed by atoms with Crippen LogP contribution in [0.15, 0.2) is 46.9 Å². The van der Waals surface area contributed by atoms with Gasteiger partial charge in [0.2, 0.25) is 5.91 Å². The highest BCUT2D eigenvalue weighted by Gasteiger charge is 2.27. The van der Waals surface area contributed by atoms with Gasteiger partial charge in [-0.2, -0.15) is 0 Å². The van der Waals surface area contributed by atoms with Crippen LogP contribution < -0.4 is 10.1 Å². The minimum Gasteiger partial charge on any atom is -0.482 e. The number of halogens is 3.